The molecule has 0 spiro atoms. The lowest BCUT2D eigenvalue weighted by molar-refractivity contribution is -0.907. The molecule has 0 atom stereocenters. The number of unbranched alkanes of at least 4 members (excludes halogenated alkanes) is 11. The Labute approximate surface area is 167 Å². The molecule has 3 nitrogen and oxygen atoms in total. The van der Waals surface area contributed by atoms with E-state index in [4.69, 9.17) is 4.74 Å². The van der Waals surface area contributed by atoms with Gasteiger partial charge in [-0.3, -0.25) is 4.48 Å². The molecule has 0 aliphatic rings. The summed E-state index contributed by atoms with van der Waals surface area (Å²) in [7, 11) is 4.23. The minimum absolute atomic E-state index is 0. The number of esters is 1. The summed E-state index contributed by atoms with van der Waals surface area (Å²) in [5, 5.41) is 0. The molecule has 0 amide bonds. The van der Waals surface area contributed by atoms with Crippen molar-refractivity contribution in [3.63, 3.8) is 0 Å². The molecular formula is C21H42BrNO2. The Bertz CT molecular complexity index is 343. The second kappa shape index (κ2) is 17.1. The minimum Gasteiger partial charge on any atom is -1.00 e. The fourth-order valence-electron chi connectivity index (χ4n) is 2.80. The normalized spacial score (nSPS) is 11.0. The van der Waals surface area contributed by atoms with Crippen LogP contribution in [0.4, 0.5) is 0 Å². The van der Waals surface area contributed by atoms with E-state index < -0.39 is 0 Å². The van der Waals surface area contributed by atoms with Crippen LogP contribution < -0.4 is 17.0 Å². The monoisotopic (exact) mass is 419 g/mol. The average molecular weight is 420 g/mol. The molecular weight excluding hydrogens is 378 g/mol. The summed E-state index contributed by atoms with van der Waals surface area (Å²) >= 11 is 0. The number of carbonyl (C=O) groups excluding carboxylic acids is 1. The van der Waals surface area contributed by atoms with Crippen LogP contribution in [0.25, 0.3) is 0 Å². The molecule has 0 saturated heterocycles. The summed E-state index contributed by atoms with van der Waals surface area (Å²) in [5.41, 5.74) is 0.473. The maximum Gasteiger partial charge on any atom is 0.337 e. The zero-order valence-electron chi connectivity index (χ0n) is 17.2. The molecule has 0 aromatic heterocycles. The van der Waals surface area contributed by atoms with Crippen LogP contribution in [0.1, 0.15) is 90.9 Å². The highest BCUT2D eigenvalue weighted by molar-refractivity contribution is 5.86. The van der Waals surface area contributed by atoms with E-state index in [2.05, 4.69) is 27.6 Å². The molecule has 0 aromatic carbocycles. The van der Waals surface area contributed by atoms with Crippen molar-refractivity contribution in [2.45, 2.75) is 90.9 Å². The molecule has 0 aliphatic heterocycles. The molecule has 4 heteroatoms. The molecule has 0 rings (SSSR count). The van der Waals surface area contributed by atoms with E-state index in [0.29, 0.717) is 12.3 Å². The van der Waals surface area contributed by atoms with E-state index in [1.54, 1.807) is 6.92 Å². The van der Waals surface area contributed by atoms with E-state index in [0.717, 1.165) is 11.0 Å². The molecule has 0 aliphatic carbocycles. The Balaban J connectivity index is 0. The zero-order valence-corrected chi connectivity index (χ0v) is 18.8. The number of quaternary nitrogens is 1. The van der Waals surface area contributed by atoms with E-state index in [9.17, 15) is 4.79 Å². The molecule has 0 saturated carbocycles. The third-order valence-electron chi connectivity index (χ3n) is 4.51. The minimum atomic E-state index is -0.282. The van der Waals surface area contributed by atoms with Crippen LogP contribution >= 0.6 is 0 Å². The van der Waals surface area contributed by atoms with Crippen LogP contribution in [-0.4, -0.2) is 37.8 Å². The van der Waals surface area contributed by atoms with Gasteiger partial charge >= 0.3 is 5.97 Å². The third-order valence-corrected chi connectivity index (χ3v) is 4.51. The van der Waals surface area contributed by atoms with Crippen molar-refractivity contribution in [2.24, 2.45) is 0 Å². The summed E-state index contributed by atoms with van der Waals surface area (Å²) in [4.78, 5) is 11.4. The van der Waals surface area contributed by atoms with E-state index in [-0.39, 0.29) is 23.0 Å². The van der Waals surface area contributed by atoms with Crippen molar-refractivity contribution < 1.29 is 31.0 Å². The molecule has 0 heterocycles. The first-order chi connectivity index (χ1) is 11.4. The van der Waals surface area contributed by atoms with Gasteiger partial charge in [0.2, 0.25) is 6.73 Å². The fourth-order valence-corrected chi connectivity index (χ4v) is 2.80. The highest BCUT2D eigenvalue weighted by Gasteiger charge is 2.17. The van der Waals surface area contributed by atoms with Crippen LogP contribution in [-0.2, 0) is 9.53 Å². The quantitative estimate of drug-likeness (QED) is 0.126. The summed E-state index contributed by atoms with van der Waals surface area (Å²) in [6.45, 7) is 9.06. The van der Waals surface area contributed by atoms with Gasteiger partial charge in [-0.05, 0) is 19.8 Å². The van der Waals surface area contributed by atoms with Gasteiger partial charge in [-0.15, -0.1) is 0 Å². The van der Waals surface area contributed by atoms with Crippen molar-refractivity contribution in [1.82, 2.24) is 0 Å². The molecule has 0 fully saturated rings. The first-order valence-electron chi connectivity index (χ1n) is 10.0. The van der Waals surface area contributed by atoms with Gasteiger partial charge in [0.05, 0.1) is 20.6 Å². The summed E-state index contributed by atoms with van der Waals surface area (Å²) < 4.78 is 5.99. The van der Waals surface area contributed by atoms with E-state index in [1.165, 1.54) is 77.0 Å². The van der Waals surface area contributed by atoms with Gasteiger partial charge in [0.25, 0.3) is 0 Å². The standard InChI is InChI=1S/C21H42NO2.BrH/c1-6-7-8-9-10-11-12-13-14-15-16-17-18-22(4,5)19-24-21(23)20(2)3;/h2,6-19H2,1,3-5H3;1H/q+1;/p-1. The first-order valence-corrected chi connectivity index (χ1v) is 10.0. The topological polar surface area (TPSA) is 26.3 Å². The van der Waals surface area contributed by atoms with Gasteiger partial charge < -0.3 is 21.7 Å². The lowest BCUT2D eigenvalue weighted by Crippen LogP contribution is -3.00. The second-order valence-electron chi connectivity index (χ2n) is 7.89. The summed E-state index contributed by atoms with van der Waals surface area (Å²) in [6, 6.07) is 0. The number of halogens is 1. The lowest BCUT2D eigenvalue weighted by Gasteiger charge is -2.28. The van der Waals surface area contributed by atoms with Crippen LogP contribution in [0, 0.1) is 0 Å². The highest BCUT2D eigenvalue weighted by Crippen LogP contribution is 2.12. The van der Waals surface area contributed by atoms with Gasteiger partial charge in [0, 0.05) is 5.57 Å². The SMILES string of the molecule is C=C(C)C(=O)OC[N+](C)(C)CCCCCCCCCCCCCC.[Br-]. The largest absolute Gasteiger partial charge is 1.00 e. The first kappa shape index (κ1) is 26.9. The van der Waals surface area contributed by atoms with Crippen LogP contribution in [0.2, 0.25) is 0 Å². The third kappa shape index (κ3) is 18.2. The predicted molar refractivity (Wildman–Crippen MR) is 104 cm³/mol. The van der Waals surface area contributed by atoms with E-state index in [1.807, 2.05) is 0 Å². The maximum absolute atomic E-state index is 11.4. The number of carbonyl (C=O) groups is 1. The molecule has 0 unspecified atom stereocenters. The van der Waals surface area contributed by atoms with Crippen LogP contribution in [0.15, 0.2) is 12.2 Å². The van der Waals surface area contributed by atoms with E-state index >= 15 is 0 Å². The predicted octanol–water partition coefficient (Wildman–Crippen LogP) is 2.84. The molecule has 0 bridgehead atoms. The zero-order chi connectivity index (χ0) is 18.3. The Morgan fingerprint density at radius 1 is 0.840 bits per heavy atom. The molecule has 0 aromatic rings. The van der Waals surface area contributed by atoms with Crippen molar-refractivity contribution in [1.29, 1.82) is 0 Å². The summed E-state index contributed by atoms with van der Waals surface area (Å²) in [6.07, 6.45) is 16.4. The van der Waals surface area contributed by atoms with Gasteiger partial charge in [0.1, 0.15) is 0 Å². The Morgan fingerprint density at radius 2 is 1.24 bits per heavy atom. The van der Waals surface area contributed by atoms with Gasteiger partial charge in [-0.1, -0.05) is 77.7 Å². The summed E-state index contributed by atoms with van der Waals surface area (Å²) in [5.74, 6) is -0.282. The molecule has 0 radical (unpaired) electrons. The Morgan fingerprint density at radius 3 is 1.64 bits per heavy atom. The van der Waals surface area contributed by atoms with Gasteiger partial charge in [-0.25, -0.2) is 4.79 Å². The van der Waals surface area contributed by atoms with Crippen molar-refractivity contribution >= 4 is 5.97 Å². The fraction of sp³-hybridized carbons (Fsp3) is 0.857. The van der Waals surface area contributed by atoms with Crippen molar-refractivity contribution in [3.05, 3.63) is 12.2 Å². The number of nitrogens with zero attached hydrogens (tertiary/aromatic N) is 1. The number of hydrogen-bond acceptors (Lipinski definition) is 2. The Hall–Kier alpha value is -0.350. The number of hydrogen-bond donors (Lipinski definition) is 0. The van der Waals surface area contributed by atoms with Crippen molar-refractivity contribution in [3.8, 4) is 0 Å². The lowest BCUT2D eigenvalue weighted by atomic mass is 10.1. The maximum atomic E-state index is 11.4. The molecule has 150 valence electrons. The second-order valence-corrected chi connectivity index (χ2v) is 7.89. The van der Waals surface area contributed by atoms with Crippen LogP contribution in [0.5, 0.6) is 0 Å². The molecule has 0 N–H and O–H groups in total. The average Bonchev–Trinajstić information content (AvgIpc) is 2.53. The molecule has 25 heavy (non-hydrogen) atoms. The smallest absolute Gasteiger partial charge is 0.337 e. The highest BCUT2D eigenvalue weighted by atomic mass is 79.9. The van der Waals surface area contributed by atoms with Gasteiger partial charge in [-0.2, -0.15) is 0 Å². The number of ether oxygens (including phenoxy) is 1. The Kier molecular flexibility index (Phi) is 18.4. The van der Waals surface area contributed by atoms with Crippen LogP contribution in [0.3, 0.4) is 0 Å². The number of rotatable bonds is 16. The van der Waals surface area contributed by atoms with Crippen molar-refractivity contribution in [2.75, 3.05) is 27.4 Å². The van der Waals surface area contributed by atoms with Gasteiger partial charge in [0.15, 0.2) is 0 Å².